The molecule has 0 unspecified atom stereocenters. The molecule has 0 aliphatic carbocycles. The third-order valence-electron chi connectivity index (χ3n) is 2.32. The van der Waals surface area contributed by atoms with E-state index >= 15 is 0 Å². The second-order valence-electron chi connectivity index (χ2n) is 3.65. The van der Waals surface area contributed by atoms with Crippen molar-refractivity contribution in [1.29, 1.82) is 0 Å². The van der Waals surface area contributed by atoms with Crippen LogP contribution in [0.1, 0.15) is 5.56 Å². The Morgan fingerprint density at radius 3 is 2.11 bits per heavy atom. The standard InChI is InChI=1S/C10H6Cl5NOS/c11-7-3-1-6(2-4-7)5-16-8(17)9(12,13)10(14,15)18-16/h1-4H,5H2. The van der Waals surface area contributed by atoms with E-state index in [0.29, 0.717) is 11.6 Å². The lowest BCUT2D eigenvalue weighted by molar-refractivity contribution is -0.126. The summed E-state index contributed by atoms with van der Waals surface area (Å²) in [6.07, 6.45) is 0. The molecule has 8 heteroatoms. The highest BCUT2D eigenvalue weighted by Crippen LogP contribution is 2.58. The predicted octanol–water partition coefficient (Wildman–Crippen LogP) is 4.64. The maximum atomic E-state index is 12.0. The quantitative estimate of drug-likeness (QED) is 0.562. The minimum Gasteiger partial charge on any atom is -0.277 e. The highest BCUT2D eigenvalue weighted by Gasteiger charge is 2.63. The summed E-state index contributed by atoms with van der Waals surface area (Å²) in [7, 11) is 0. The van der Waals surface area contributed by atoms with E-state index in [1.807, 2.05) is 0 Å². The van der Waals surface area contributed by atoms with Crippen molar-refractivity contribution in [3.63, 3.8) is 0 Å². The fourth-order valence-electron chi connectivity index (χ4n) is 1.38. The molecule has 2 nitrogen and oxygen atoms in total. The van der Waals surface area contributed by atoms with Gasteiger partial charge in [-0.15, -0.1) is 0 Å². The molecule has 0 saturated carbocycles. The first-order valence-corrected chi connectivity index (χ1v) is 7.41. The van der Waals surface area contributed by atoms with Crippen LogP contribution in [0.4, 0.5) is 0 Å². The number of halogens is 5. The molecule has 0 atom stereocenters. The number of hydrogen-bond acceptors (Lipinski definition) is 2. The summed E-state index contributed by atoms with van der Waals surface area (Å²) in [5.41, 5.74) is 0.871. The molecule has 1 aliphatic heterocycles. The molecule has 0 bridgehead atoms. The van der Waals surface area contributed by atoms with Gasteiger partial charge in [-0.2, -0.15) is 0 Å². The van der Waals surface area contributed by atoms with Gasteiger partial charge in [0.15, 0.2) is 0 Å². The molecular weight excluding hydrogens is 359 g/mol. The summed E-state index contributed by atoms with van der Waals surface area (Å²) in [5.74, 6) is -0.532. The Balaban J connectivity index is 2.17. The van der Waals surface area contributed by atoms with Crippen molar-refractivity contribution < 1.29 is 4.79 Å². The van der Waals surface area contributed by atoms with Crippen molar-refractivity contribution >= 4 is 75.9 Å². The first kappa shape index (κ1) is 14.9. The van der Waals surface area contributed by atoms with Crippen molar-refractivity contribution in [3.05, 3.63) is 34.9 Å². The van der Waals surface area contributed by atoms with Gasteiger partial charge in [-0.05, 0) is 29.6 Å². The molecule has 1 fully saturated rings. The summed E-state index contributed by atoms with van der Waals surface area (Å²) in [5, 5.41) is 0.618. The average molecular weight is 365 g/mol. The Kier molecular flexibility index (Phi) is 4.23. The first-order chi connectivity index (χ1) is 8.24. The highest BCUT2D eigenvalue weighted by atomic mass is 35.5. The lowest BCUT2D eigenvalue weighted by Gasteiger charge is -2.18. The number of hydrogen-bond donors (Lipinski definition) is 0. The van der Waals surface area contributed by atoms with E-state index in [-0.39, 0.29) is 0 Å². The van der Waals surface area contributed by atoms with Crippen LogP contribution in [-0.4, -0.2) is 18.2 Å². The van der Waals surface area contributed by atoms with Crippen LogP contribution in [0.25, 0.3) is 0 Å². The van der Waals surface area contributed by atoms with E-state index in [9.17, 15) is 4.79 Å². The van der Waals surface area contributed by atoms with E-state index in [4.69, 9.17) is 58.0 Å². The number of carbonyl (C=O) groups is 1. The minimum absolute atomic E-state index is 0.295. The smallest absolute Gasteiger partial charge is 0.273 e. The van der Waals surface area contributed by atoms with Crippen molar-refractivity contribution in [1.82, 2.24) is 4.31 Å². The monoisotopic (exact) mass is 363 g/mol. The maximum absolute atomic E-state index is 12.0. The first-order valence-electron chi connectivity index (χ1n) is 4.75. The maximum Gasteiger partial charge on any atom is 0.273 e. The molecule has 0 radical (unpaired) electrons. The number of carbonyl (C=O) groups excluding carboxylic acids is 1. The van der Waals surface area contributed by atoms with Gasteiger partial charge >= 0.3 is 0 Å². The zero-order chi connectivity index (χ0) is 13.6. The third-order valence-corrected chi connectivity index (χ3v) is 6.11. The third kappa shape index (κ3) is 2.67. The summed E-state index contributed by atoms with van der Waals surface area (Å²) in [4.78, 5) is 12.0. The summed E-state index contributed by atoms with van der Waals surface area (Å²) in [6, 6.07) is 7.04. The molecule has 1 amide bonds. The molecule has 0 aromatic heterocycles. The number of nitrogens with zero attached hydrogens (tertiary/aromatic N) is 1. The van der Waals surface area contributed by atoms with Gasteiger partial charge in [0.2, 0.25) is 8.00 Å². The topological polar surface area (TPSA) is 20.3 Å². The Labute approximate surface area is 134 Å². The molecule has 1 heterocycles. The second-order valence-corrected chi connectivity index (χ2v) is 8.43. The molecule has 0 spiro atoms. The van der Waals surface area contributed by atoms with E-state index in [2.05, 4.69) is 0 Å². The van der Waals surface area contributed by atoms with Gasteiger partial charge in [-0.1, -0.05) is 70.1 Å². The normalized spacial score (nSPS) is 21.4. The summed E-state index contributed by atoms with van der Waals surface area (Å²) in [6.45, 7) is 0.295. The largest absolute Gasteiger partial charge is 0.277 e. The van der Waals surface area contributed by atoms with Crippen LogP contribution in [0.3, 0.4) is 0 Å². The van der Waals surface area contributed by atoms with Crippen molar-refractivity contribution in [3.8, 4) is 0 Å². The Morgan fingerprint density at radius 2 is 1.67 bits per heavy atom. The van der Waals surface area contributed by atoms with E-state index < -0.39 is 13.9 Å². The van der Waals surface area contributed by atoms with Gasteiger partial charge in [0, 0.05) is 5.02 Å². The van der Waals surface area contributed by atoms with Gasteiger partial charge in [0.1, 0.15) is 0 Å². The van der Waals surface area contributed by atoms with E-state index in [1.165, 1.54) is 4.31 Å². The lowest BCUT2D eigenvalue weighted by atomic mass is 10.2. The number of benzene rings is 1. The van der Waals surface area contributed by atoms with Crippen LogP contribution in [-0.2, 0) is 11.3 Å². The van der Waals surface area contributed by atoms with Crippen LogP contribution in [0, 0.1) is 0 Å². The molecule has 0 N–H and O–H groups in total. The molecule has 18 heavy (non-hydrogen) atoms. The number of rotatable bonds is 2. The number of alkyl halides is 4. The van der Waals surface area contributed by atoms with Crippen molar-refractivity contribution in [2.45, 2.75) is 14.5 Å². The van der Waals surface area contributed by atoms with Crippen LogP contribution in [0.2, 0.25) is 5.02 Å². The molecule has 2 rings (SSSR count). The van der Waals surface area contributed by atoms with Crippen LogP contribution >= 0.6 is 70.0 Å². The van der Waals surface area contributed by atoms with Gasteiger partial charge in [-0.3, -0.25) is 9.10 Å². The second kappa shape index (κ2) is 5.12. The zero-order valence-corrected chi connectivity index (χ0v) is 13.3. The van der Waals surface area contributed by atoms with Gasteiger partial charge in [0.25, 0.3) is 5.91 Å². The minimum atomic E-state index is -1.85. The van der Waals surface area contributed by atoms with E-state index in [0.717, 1.165) is 17.5 Å². The molecule has 1 saturated heterocycles. The zero-order valence-electron chi connectivity index (χ0n) is 8.67. The lowest BCUT2D eigenvalue weighted by Crippen LogP contribution is -2.37. The highest BCUT2D eigenvalue weighted by molar-refractivity contribution is 8.02. The molecule has 98 valence electrons. The van der Waals surface area contributed by atoms with Gasteiger partial charge in [0.05, 0.1) is 6.54 Å². The van der Waals surface area contributed by atoms with Crippen LogP contribution in [0.5, 0.6) is 0 Å². The summed E-state index contributed by atoms with van der Waals surface area (Å²) >= 11 is 30.2. The van der Waals surface area contributed by atoms with Crippen LogP contribution < -0.4 is 0 Å². The fourth-order valence-corrected chi connectivity index (χ4v) is 3.59. The van der Waals surface area contributed by atoms with E-state index in [1.54, 1.807) is 24.3 Å². The van der Waals surface area contributed by atoms with Gasteiger partial charge in [-0.25, -0.2) is 0 Å². The Bertz CT molecular complexity index is 476. The van der Waals surface area contributed by atoms with Crippen molar-refractivity contribution in [2.24, 2.45) is 0 Å². The SMILES string of the molecule is O=C1N(Cc2ccc(Cl)cc2)SC(Cl)(Cl)C1(Cl)Cl. The molecule has 1 aromatic rings. The molecule has 1 aliphatic rings. The van der Waals surface area contributed by atoms with Gasteiger partial charge < -0.3 is 0 Å². The average Bonchev–Trinajstić information content (AvgIpc) is 2.43. The Hall–Kier alpha value is 0.490. The predicted molar refractivity (Wildman–Crippen MR) is 78.5 cm³/mol. The van der Waals surface area contributed by atoms with Crippen LogP contribution in [0.15, 0.2) is 24.3 Å². The fraction of sp³-hybridized carbons (Fsp3) is 0.300. The molecular formula is C10H6Cl5NOS. The summed E-state index contributed by atoms with van der Waals surface area (Å²) < 4.78 is -2.12. The number of amides is 1. The van der Waals surface area contributed by atoms with Crippen molar-refractivity contribution in [2.75, 3.05) is 0 Å². The molecule has 1 aromatic carbocycles. The Morgan fingerprint density at radius 1 is 1.11 bits per heavy atom.